The van der Waals surface area contributed by atoms with Crippen molar-refractivity contribution in [3.05, 3.63) is 0 Å². The lowest BCUT2D eigenvalue weighted by Gasteiger charge is -1.75. The third kappa shape index (κ3) is 65.9. The Morgan fingerprint density at radius 2 is 1.12 bits per heavy atom. The molecule has 0 N–H and O–H groups in total. The van der Waals surface area contributed by atoms with Gasteiger partial charge in [-0.05, 0) is 11.5 Å². The van der Waals surface area contributed by atoms with Crippen LogP contribution in [-0.4, -0.2) is 20.3 Å². The summed E-state index contributed by atoms with van der Waals surface area (Å²) in [7, 11) is -0.139. The lowest BCUT2D eigenvalue weighted by atomic mass is 11.0. The fraction of sp³-hybridized carbons (Fsp3) is 1.00. The minimum absolute atomic E-state index is 0.139. The average molecular weight is 168 g/mol. The zero-order chi connectivity index (χ0) is 6.99. The Morgan fingerprint density at radius 1 is 1.00 bits per heavy atom. The Balaban J connectivity index is 0. The second-order valence-electron chi connectivity index (χ2n) is 2.18. The zero-order valence-corrected chi connectivity index (χ0v) is 8.83. The summed E-state index contributed by atoms with van der Waals surface area (Å²) in [6.45, 7) is 6.92. The molecule has 0 aromatic heterocycles. The highest BCUT2D eigenvalue weighted by Crippen LogP contribution is 1.73. The number of hydrogen-bond donors (Lipinski definition) is 2. The van der Waals surface area contributed by atoms with Crippen molar-refractivity contribution in [3.8, 4) is 0 Å². The maximum atomic E-state index is 3.84. The number of rotatable bonds is 1. The molecule has 0 saturated carbocycles. The van der Waals surface area contributed by atoms with E-state index in [1.807, 2.05) is 0 Å². The third-order valence-electron chi connectivity index (χ3n) is 0.1000. The molecule has 0 aliphatic rings. The van der Waals surface area contributed by atoms with Crippen LogP contribution in [-0.2, 0) is 0 Å². The molecule has 8 heavy (non-hydrogen) atoms. The van der Waals surface area contributed by atoms with E-state index in [-0.39, 0.29) is 8.80 Å². The van der Waals surface area contributed by atoms with Gasteiger partial charge in [-0.2, -0.15) is 25.3 Å². The molecule has 0 spiro atoms. The van der Waals surface area contributed by atoms with Crippen molar-refractivity contribution in [2.45, 2.75) is 19.6 Å². The van der Waals surface area contributed by atoms with Crippen LogP contribution in [0, 0.1) is 0 Å². The van der Waals surface area contributed by atoms with Crippen molar-refractivity contribution < 1.29 is 0 Å². The molecule has 0 fully saturated rings. The molecule has 52 valence electrons. The summed E-state index contributed by atoms with van der Waals surface area (Å²) in [6, 6.07) is 0. The first kappa shape index (κ1) is 11.7. The zero-order valence-electron chi connectivity index (χ0n) is 5.89. The monoisotopic (exact) mass is 168 g/mol. The molecule has 3 heteroatoms. The summed E-state index contributed by atoms with van der Waals surface area (Å²) in [5.74, 6) is 1.76. The third-order valence-corrected chi connectivity index (χ3v) is 0.900. The molecule has 0 rings (SSSR count). The Bertz CT molecular complexity index is 26.9. The van der Waals surface area contributed by atoms with E-state index in [0.717, 1.165) is 11.5 Å². The largest absolute Gasteiger partial charge is 0.179 e. The molecule has 0 unspecified atom stereocenters. The van der Waals surface area contributed by atoms with Gasteiger partial charge in [0.2, 0.25) is 0 Å². The second-order valence-corrected chi connectivity index (χ2v) is 6.54. The van der Waals surface area contributed by atoms with Crippen molar-refractivity contribution in [2.24, 2.45) is 0 Å². The predicted octanol–water partition coefficient (Wildman–Crippen LogP) is 1.95. The molecule has 0 aliphatic carbocycles. The molecule has 0 bridgehead atoms. The molecular formula is C5H16S2Si. The van der Waals surface area contributed by atoms with Gasteiger partial charge in [0, 0.05) is 8.80 Å². The number of thiol groups is 2. The minimum atomic E-state index is -0.139. The van der Waals surface area contributed by atoms with Gasteiger partial charge >= 0.3 is 0 Å². The van der Waals surface area contributed by atoms with Crippen LogP contribution in [0.5, 0.6) is 0 Å². The van der Waals surface area contributed by atoms with E-state index >= 15 is 0 Å². The van der Waals surface area contributed by atoms with Crippen LogP contribution in [0.15, 0.2) is 0 Å². The quantitative estimate of drug-likeness (QED) is 0.434. The van der Waals surface area contributed by atoms with Crippen LogP contribution in [0.4, 0.5) is 0 Å². The van der Waals surface area contributed by atoms with Gasteiger partial charge in [-0.15, -0.1) is 0 Å². The predicted molar refractivity (Wildman–Crippen MR) is 52.4 cm³/mol. The Labute approximate surface area is 65.5 Å². The molecule has 0 aliphatic heterocycles. The smallest absolute Gasteiger partial charge is 0.0274 e. The second kappa shape index (κ2) is 10.8. The van der Waals surface area contributed by atoms with E-state index in [4.69, 9.17) is 0 Å². The highest BCUT2D eigenvalue weighted by Gasteiger charge is 1.71. The maximum Gasteiger partial charge on any atom is 0.0274 e. The molecular weight excluding hydrogens is 152 g/mol. The summed E-state index contributed by atoms with van der Waals surface area (Å²) in [5.41, 5.74) is 0. The van der Waals surface area contributed by atoms with Gasteiger partial charge in [-0.1, -0.05) is 19.6 Å². The van der Waals surface area contributed by atoms with Gasteiger partial charge in [0.25, 0.3) is 0 Å². The first-order chi connectivity index (χ1) is 3.65. The normalized spacial score (nSPS) is 8.25. The van der Waals surface area contributed by atoms with Gasteiger partial charge in [0.1, 0.15) is 0 Å². The van der Waals surface area contributed by atoms with E-state index in [1.165, 1.54) is 0 Å². The average Bonchev–Trinajstić information content (AvgIpc) is 1.65. The SMILES string of the molecule is C[SiH](C)C.SCCS. The molecule has 0 nitrogen and oxygen atoms in total. The first-order valence-electron chi connectivity index (χ1n) is 2.86. The summed E-state index contributed by atoms with van der Waals surface area (Å²) < 4.78 is 0. The van der Waals surface area contributed by atoms with Gasteiger partial charge in [0.15, 0.2) is 0 Å². The number of hydrogen-bond acceptors (Lipinski definition) is 2. The molecule has 0 aromatic rings. The van der Waals surface area contributed by atoms with E-state index in [0.29, 0.717) is 0 Å². The van der Waals surface area contributed by atoms with Crippen LogP contribution in [0.25, 0.3) is 0 Å². The molecule has 0 aromatic carbocycles. The van der Waals surface area contributed by atoms with Crippen molar-refractivity contribution in [3.63, 3.8) is 0 Å². The van der Waals surface area contributed by atoms with Crippen molar-refractivity contribution >= 4 is 34.1 Å². The summed E-state index contributed by atoms with van der Waals surface area (Å²) >= 11 is 7.69. The summed E-state index contributed by atoms with van der Waals surface area (Å²) in [6.07, 6.45) is 0. The van der Waals surface area contributed by atoms with Gasteiger partial charge in [-0.25, -0.2) is 0 Å². The topological polar surface area (TPSA) is 0 Å². The van der Waals surface area contributed by atoms with E-state index < -0.39 is 0 Å². The maximum absolute atomic E-state index is 3.84. The first-order valence-corrected chi connectivity index (χ1v) is 7.59. The van der Waals surface area contributed by atoms with Crippen LogP contribution in [0.2, 0.25) is 19.6 Å². The minimum Gasteiger partial charge on any atom is -0.179 e. The highest BCUT2D eigenvalue weighted by atomic mass is 32.1. The van der Waals surface area contributed by atoms with E-state index in [9.17, 15) is 0 Å². The van der Waals surface area contributed by atoms with Gasteiger partial charge in [0.05, 0.1) is 0 Å². The van der Waals surface area contributed by atoms with Crippen LogP contribution < -0.4 is 0 Å². The van der Waals surface area contributed by atoms with Gasteiger partial charge < -0.3 is 0 Å². The lowest BCUT2D eigenvalue weighted by Crippen LogP contribution is -1.84. The Hall–Kier alpha value is 0.917. The van der Waals surface area contributed by atoms with Crippen LogP contribution in [0.1, 0.15) is 0 Å². The molecule has 0 atom stereocenters. The standard InChI is InChI=1S/C3H10Si.C2H6S2/c1-4(2)3;3-1-2-4/h4H,1-3H3;3-4H,1-2H2. The summed E-state index contributed by atoms with van der Waals surface area (Å²) in [5, 5.41) is 0. The Kier molecular flexibility index (Phi) is 15.8. The fourth-order valence-corrected chi connectivity index (χ4v) is 0. The fourth-order valence-electron chi connectivity index (χ4n) is 0. The highest BCUT2D eigenvalue weighted by molar-refractivity contribution is 7.84. The van der Waals surface area contributed by atoms with Gasteiger partial charge in [-0.3, -0.25) is 0 Å². The van der Waals surface area contributed by atoms with Crippen molar-refractivity contribution in [2.75, 3.05) is 11.5 Å². The van der Waals surface area contributed by atoms with E-state index in [1.54, 1.807) is 0 Å². The molecule has 0 amide bonds. The van der Waals surface area contributed by atoms with Crippen molar-refractivity contribution in [1.29, 1.82) is 0 Å². The Morgan fingerprint density at radius 3 is 1.12 bits per heavy atom. The summed E-state index contributed by atoms with van der Waals surface area (Å²) in [4.78, 5) is 0. The van der Waals surface area contributed by atoms with Crippen LogP contribution in [0.3, 0.4) is 0 Å². The molecule has 0 saturated heterocycles. The van der Waals surface area contributed by atoms with Crippen molar-refractivity contribution in [1.82, 2.24) is 0 Å². The lowest BCUT2D eigenvalue weighted by molar-refractivity contribution is 1.59. The van der Waals surface area contributed by atoms with E-state index in [2.05, 4.69) is 44.9 Å². The molecule has 0 heterocycles. The van der Waals surface area contributed by atoms with Crippen LogP contribution >= 0.6 is 25.3 Å². The molecule has 0 radical (unpaired) electrons.